The number of hydrogen-bond acceptors (Lipinski definition) is 3. The van der Waals surface area contributed by atoms with Crippen LogP contribution in [-0.2, 0) is 18.4 Å². The van der Waals surface area contributed by atoms with Crippen molar-refractivity contribution >= 4 is 5.91 Å². The third kappa shape index (κ3) is 3.71. The van der Waals surface area contributed by atoms with E-state index >= 15 is 0 Å². The van der Waals surface area contributed by atoms with Gasteiger partial charge in [-0.15, -0.1) is 0 Å². The van der Waals surface area contributed by atoms with Gasteiger partial charge in [0.25, 0.3) is 0 Å². The number of nitrogens with two attached hydrogens (primary N) is 1. The third-order valence-electron chi connectivity index (χ3n) is 2.16. The highest BCUT2D eigenvalue weighted by Gasteiger charge is 2.11. The molecule has 5 nitrogen and oxygen atoms in total. The predicted octanol–water partition coefficient (Wildman–Crippen LogP) is 0.164. The first kappa shape index (κ1) is 11.7. The van der Waals surface area contributed by atoms with E-state index in [2.05, 4.69) is 10.4 Å². The number of amides is 1. The number of carbonyl (C=O) groups excluding carboxylic acids is 1. The van der Waals surface area contributed by atoms with Gasteiger partial charge in [0.1, 0.15) is 0 Å². The van der Waals surface area contributed by atoms with Crippen LogP contribution < -0.4 is 11.1 Å². The van der Waals surface area contributed by atoms with E-state index in [1.165, 1.54) is 0 Å². The van der Waals surface area contributed by atoms with Crippen LogP contribution in [0.2, 0.25) is 0 Å². The summed E-state index contributed by atoms with van der Waals surface area (Å²) in [5.74, 6) is -0.0966. The maximum atomic E-state index is 11.4. The molecule has 1 aromatic heterocycles. The van der Waals surface area contributed by atoms with Gasteiger partial charge in [0, 0.05) is 25.4 Å². The second kappa shape index (κ2) is 5.50. The fourth-order valence-corrected chi connectivity index (χ4v) is 1.33. The zero-order valence-electron chi connectivity index (χ0n) is 9.23. The van der Waals surface area contributed by atoms with E-state index in [9.17, 15) is 4.79 Å². The summed E-state index contributed by atoms with van der Waals surface area (Å²) in [7, 11) is 1.84. The first-order chi connectivity index (χ1) is 7.13. The van der Waals surface area contributed by atoms with Crippen molar-refractivity contribution in [1.82, 2.24) is 15.1 Å². The maximum Gasteiger partial charge on any atom is 0.237 e. The molecular formula is C10H18N4O. The summed E-state index contributed by atoms with van der Waals surface area (Å²) in [5, 5.41) is 6.79. The minimum Gasteiger partial charge on any atom is -0.351 e. The summed E-state index contributed by atoms with van der Waals surface area (Å²) in [5.41, 5.74) is 6.65. The van der Waals surface area contributed by atoms with Gasteiger partial charge in [-0.3, -0.25) is 9.48 Å². The molecule has 0 radical (unpaired) electrons. The topological polar surface area (TPSA) is 72.9 Å². The summed E-state index contributed by atoms with van der Waals surface area (Å²) >= 11 is 0. The summed E-state index contributed by atoms with van der Waals surface area (Å²) < 4.78 is 1.70. The first-order valence-corrected chi connectivity index (χ1v) is 5.14. The van der Waals surface area contributed by atoms with Crippen molar-refractivity contribution in [3.05, 3.63) is 18.0 Å². The van der Waals surface area contributed by atoms with Gasteiger partial charge in [-0.2, -0.15) is 5.10 Å². The van der Waals surface area contributed by atoms with Crippen molar-refractivity contribution in [3.8, 4) is 0 Å². The summed E-state index contributed by atoms with van der Waals surface area (Å²) in [6.07, 6.45) is 5.23. The van der Waals surface area contributed by atoms with Gasteiger partial charge in [-0.25, -0.2) is 0 Å². The fraction of sp³-hybridized carbons (Fsp3) is 0.600. The van der Waals surface area contributed by atoms with Crippen molar-refractivity contribution in [1.29, 1.82) is 0 Å². The molecule has 0 aromatic carbocycles. The van der Waals surface area contributed by atoms with Crippen LogP contribution in [0, 0.1) is 0 Å². The molecule has 1 amide bonds. The zero-order valence-corrected chi connectivity index (χ0v) is 9.23. The van der Waals surface area contributed by atoms with Crippen molar-refractivity contribution in [2.24, 2.45) is 12.8 Å². The number of nitrogens with zero attached hydrogens (tertiary/aromatic N) is 2. The van der Waals surface area contributed by atoms with Crippen molar-refractivity contribution in [3.63, 3.8) is 0 Å². The van der Waals surface area contributed by atoms with E-state index in [1.807, 2.05) is 20.2 Å². The van der Waals surface area contributed by atoms with Crippen LogP contribution in [-0.4, -0.2) is 21.7 Å². The number of hydrogen-bond donors (Lipinski definition) is 2. The maximum absolute atomic E-state index is 11.4. The Labute approximate surface area is 89.6 Å². The van der Waals surface area contributed by atoms with E-state index in [1.54, 1.807) is 10.9 Å². The van der Waals surface area contributed by atoms with E-state index in [0.717, 1.165) is 18.4 Å². The van der Waals surface area contributed by atoms with Gasteiger partial charge in [0.2, 0.25) is 5.91 Å². The van der Waals surface area contributed by atoms with Crippen LogP contribution in [0.25, 0.3) is 0 Å². The van der Waals surface area contributed by atoms with Gasteiger partial charge < -0.3 is 11.1 Å². The molecular weight excluding hydrogens is 192 g/mol. The Bertz CT molecular complexity index is 321. The first-order valence-electron chi connectivity index (χ1n) is 5.14. The standard InChI is InChI=1S/C10H18N4O/c1-3-4-9(11)10(15)12-5-8-6-13-14(2)7-8/h6-7,9H,3-5,11H2,1-2H3,(H,12,15). The molecule has 0 aliphatic carbocycles. The van der Waals surface area contributed by atoms with Crippen LogP contribution >= 0.6 is 0 Å². The van der Waals surface area contributed by atoms with Crippen molar-refractivity contribution < 1.29 is 4.79 Å². The molecule has 0 fully saturated rings. The van der Waals surface area contributed by atoms with Gasteiger partial charge in [-0.05, 0) is 6.42 Å². The summed E-state index contributed by atoms with van der Waals surface area (Å²) in [6.45, 7) is 2.50. The SMILES string of the molecule is CCCC(N)C(=O)NCc1cnn(C)c1. The Morgan fingerprint density at radius 1 is 1.73 bits per heavy atom. The highest BCUT2D eigenvalue weighted by Crippen LogP contribution is 1.97. The van der Waals surface area contributed by atoms with E-state index in [0.29, 0.717) is 6.54 Å². The lowest BCUT2D eigenvalue weighted by molar-refractivity contribution is -0.122. The molecule has 0 saturated heterocycles. The van der Waals surface area contributed by atoms with Crippen molar-refractivity contribution in [2.45, 2.75) is 32.4 Å². The van der Waals surface area contributed by atoms with Gasteiger partial charge in [0.15, 0.2) is 0 Å². The Hall–Kier alpha value is -1.36. The Morgan fingerprint density at radius 3 is 3.00 bits per heavy atom. The van der Waals surface area contributed by atoms with Crippen molar-refractivity contribution in [2.75, 3.05) is 0 Å². The minimum absolute atomic E-state index is 0.0966. The van der Waals surface area contributed by atoms with Gasteiger partial charge >= 0.3 is 0 Å². The fourth-order valence-electron chi connectivity index (χ4n) is 1.33. The average Bonchev–Trinajstić information content (AvgIpc) is 2.61. The Balaban J connectivity index is 2.34. The van der Waals surface area contributed by atoms with Crippen LogP contribution in [0.5, 0.6) is 0 Å². The van der Waals surface area contributed by atoms with Crippen LogP contribution in [0.15, 0.2) is 12.4 Å². The molecule has 84 valence electrons. The molecule has 1 unspecified atom stereocenters. The monoisotopic (exact) mass is 210 g/mol. The quantitative estimate of drug-likeness (QED) is 0.727. The molecule has 0 saturated carbocycles. The minimum atomic E-state index is -0.397. The number of carbonyl (C=O) groups is 1. The molecule has 1 aromatic rings. The third-order valence-corrected chi connectivity index (χ3v) is 2.16. The number of rotatable bonds is 5. The highest BCUT2D eigenvalue weighted by molar-refractivity contribution is 5.81. The molecule has 3 N–H and O–H groups in total. The lowest BCUT2D eigenvalue weighted by atomic mass is 10.1. The molecule has 0 aliphatic rings. The lowest BCUT2D eigenvalue weighted by Crippen LogP contribution is -2.39. The molecule has 0 aliphatic heterocycles. The van der Waals surface area contributed by atoms with E-state index in [-0.39, 0.29) is 5.91 Å². The van der Waals surface area contributed by atoms with Gasteiger partial charge in [0.05, 0.1) is 12.2 Å². The van der Waals surface area contributed by atoms with Crippen LogP contribution in [0.3, 0.4) is 0 Å². The molecule has 15 heavy (non-hydrogen) atoms. The van der Waals surface area contributed by atoms with E-state index in [4.69, 9.17) is 5.73 Å². The lowest BCUT2D eigenvalue weighted by Gasteiger charge is -2.09. The highest BCUT2D eigenvalue weighted by atomic mass is 16.2. The average molecular weight is 210 g/mol. The molecule has 5 heteroatoms. The predicted molar refractivity (Wildman–Crippen MR) is 57.9 cm³/mol. The molecule has 0 spiro atoms. The number of aromatic nitrogens is 2. The number of nitrogens with one attached hydrogen (secondary N) is 1. The molecule has 1 rings (SSSR count). The Morgan fingerprint density at radius 2 is 2.47 bits per heavy atom. The second-order valence-electron chi connectivity index (χ2n) is 3.64. The Kier molecular flexibility index (Phi) is 4.30. The second-order valence-corrected chi connectivity index (χ2v) is 3.64. The normalized spacial score (nSPS) is 12.5. The summed E-state index contributed by atoms with van der Waals surface area (Å²) in [4.78, 5) is 11.4. The van der Waals surface area contributed by atoms with Crippen LogP contribution in [0.1, 0.15) is 25.3 Å². The zero-order chi connectivity index (χ0) is 11.3. The van der Waals surface area contributed by atoms with Gasteiger partial charge in [-0.1, -0.05) is 13.3 Å². The largest absolute Gasteiger partial charge is 0.351 e. The van der Waals surface area contributed by atoms with E-state index < -0.39 is 6.04 Å². The molecule has 1 heterocycles. The smallest absolute Gasteiger partial charge is 0.237 e. The molecule has 0 bridgehead atoms. The number of aryl methyl sites for hydroxylation is 1. The van der Waals surface area contributed by atoms with Crippen LogP contribution in [0.4, 0.5) is 0 Å². The summed E-state index contributed by atoms with van der Waals surface area (Å²) in [6, 6.07) is -0.397. The molecule has 1 atom stereocenters.